The molecule has 1 aliphatic rings. The van der Waals surface area contributed by atoms with E-state index in [1.807, 2.05) is 12.1 Å². The molecule has 0 aliphatic heterocycles. The molecule has 3 atom stereocenters. The summed E-state index contributed by atoms with van der Waals surface area (Å²) < 4.78 is 0. The van der Waals surface area contributed by atoms with E-state index in [0.717, 1.165) is 24.0 Å². The fourth-order valence-corrected chi connectivity index (χ4v) is 3.89. The van der Waals surface area contributed by atoms with Gasteiger partial charge in [-0.3, -0.25) is 0 Å². The van der Waals surface area contributed by atoms with Crippen LogP contribution in [-0.4, -0.2) is 24.5 Å². The fraction of sp³-hybridized carbons (Fsp3) is 0.667. The summed E-state index contributed by atoms with van der Waals surface area (Å²) in [5.41, 5.74) is 7.63. The van der Waals surface area contributed by atoms with Crippen LogP contribution in [0.1, 0.15) is 44.6 Å². The summed E-state index contributed by atoms with van der Waals surface area (Å²) >= 11 is 6.06. The van der Waals surface area contributed by atoms with E-state index in [0.29, 0.717) is 12.0 Å². The maximum Gasteiger partial charge on any atom is 0.0409 e. The standard InChI is InChI=1S/C18H29ClN2/c1-3-5-14-8-9-18(20)16(10-14)13-21(2)12-15-6-4-7-17(19)11-15/h4,6-7,11,14,16,18H,3,5,8-10,12-13,20H2,1-2H3. The van der Waals surface area contributed by atoms with Crippen LogP contribution >= 0.6 is 11.6 Å². The van der Waals surface area contributed by atoms with Crippen molar-refractivity contribution in [3.63, 3.8) is 0 Å². The van der Waals surface area contributed by atoms with Gasteiger partial charge in [-0.05, 0) is 55.8 Å². The zero-order valence-electron chi connectivity index (χ0n) is 13.4. The summed E-state index contributed by atoms with van der Waals surface area (Å²) in [6.45, 7) is 4.32. The summed E-state index contributed by atoms with van der Waals surface area (Å²) in [6.07, 6.45) is 6.48. The second kappa shape index (κ2) is 8.17. The lowest BCUT2D eigenvalue weighted by molar-refractivity contribution is 0.165. The minimum absolute atomic E-state index is 0.375. The zero-order valence-corrected chi connectivity index (χ0v) is 14.1. The van der Waals surface area contributed by atoms with Gasteiger partial charge in [-0.1, -0.05) is 43.5 Å². The van der Waals surface area contributed by atoms with Crippen LogP contribution < -0.4 is 5.73 Å². The minimum Gasteiger partial charge on any atom is -0.327 e. The average Bonchev–Trinajstić information content (AvgIpc) is 2.43. The number of rotatable bonds is 6. The number of benzene rings is 1. The first-order valence-electron chi connectivity index (χ1n) is 8.27. The largest absolute Gasteiger partial charge is 0.327 e. The Morgan fingerprint density at radius 3 is 2.86 bits per heavy atom. The first kappa shape index (κ1) is 16.8. The minimum atomic E-state index is 0.375. The van der Waals surface area contributed by atoms with Crippen LogP contribution in [-0.2, 0) is 6.54 Å². The molecule has 2 nitrogen and oxygen atoms in total. The highest BCUT2D eigenvalue weighted by atomic mass is 35.5. The van der Waals surface area contributed by atoms with E-state index in [1.54, 1.807) is 0 Å². The molecule has 2 rings (SSSR count). The Balaban J connectivity index is 1.87. The van der Waals surface area contributed by atoms with E-state index < -0.39 is 0 Å². The Hall–Kier alpha value is -0.570. The van der Waals surface area contributed by atoms with Crippen LogP contribution in [0.15, 0.2) is 24.3 Å². The summed E-state index contributed by atoms with van der Waals surface area (Å²) in [6, 6.07) is 8.52. The number of hydrogen-bond donors (Lipinski definition) is 1. The summed E-state index contributed by atoms with van der Waals surface area (Å²) in [5.74, 6) is 1.53. The number of nitrogens with two attached hydrogens (primary N) is 1. The van der Waals surface area contributed by atoms with Crippen molar-refractivity contribution >= 4 is 11.6 Å². The van der Waals surface area contributed by atoms with Gasteiger partial charge in [-0.25, -0.2) is 0 Å². The molecule has 1 fully saturated rings. The highest BCUT2D eigenvalue weighted by molar-refractivity contribution is 6.30. The highest BCUT2D eigenvalue weighted by Crippen LogP contribution is 2.31. The maximum atomic E-state index is 6.36. The van der Waals surface area contributed by atoms with Gasteiger partial charge in [-0.2, -0.15) is 0 Å². The Bertz CT molecular complexity index is 435. The zero-order chi connectivity index (χ0) is 15.2. The SMILES string of the molecule is CCCC1CCC(N)C(CN(C)Cc2cccc(Cl)c2)C1. The Morgan fingerprint density at radius 1 is 1.33 bits per heavy atom. The second-order valence-corrected chi connectivity index (χ2v) is 7.15. The maximum absolute atomic E-state index is 6.36. The van der Waals surface area contributed by atoms with Crippen molar-refractivity contribution in [3.05, 3.63) is 34.9 Å². The van der Waals surface area contributed by atoms with E-state index in [1.165, 1.54) is 37.7 Å². The molecular formula is C18H29ClN2. The predicted octanol–water partition coefficient (Wildman–Crippen LogP) is 4.32. The van der Waals surface area contributed by atoms with Gasteiger partial charge in [-0.15, -0.1) is 0 Å². The van der Waals surface area contributed by atoms with Gasteiger partial charge in [0.25, 0.3) is 0 Å². The molecule has 1 saturated carbocycles. The Morgan fingerprint density at radius 2 is 2.14 bits per heavy atom. The lowest BCUT2D eigenvalue weighted by Gasteiger charge is -2.36. The molecule has 3 unspecified atom stereocenters. The molecule has 2 N–H and O–H groups in total. The van der Waals surface area contributed by atoms with Crippen LogP contribution in [0.4, 0.5) is 0 Å². The van der Waals surface area contributed by atoms with E-state index in [2.05, 4.69) is 31.0 Å². The van der Waals surface area contributed by atoms with Crippen molar-refractivity contribution in [1.29, 1.82) is 0 Å². The van der Waals surface area contributed by atoms with Crippen molar-refractivity contribution in [1.82, 2.24) is 4.90 Å². The monoisotopic (exact) mass is 308 g/mol. The smallest absolute Gasteiger partial charge is 0.0409 e. The third kappa shape index (κ3) is 5.28. The topological polar surface area (TPSA) is 29.3 Å². The molecule has 0 bridgehead atoms. The molecule has 1 aromatic rings. The van der Waals surface area contributed by atoms with Crippen LogP contribution in [0.25, 0.3) is 0 Å². The second-order valence-electron chi connectivity index (χ2n) is 6.72. The van der Waals surface area contributed by atoms with Gasteiger partial charge in [0, 0.05) is 24.2 Å². The molecule has 0 radical (unpaired) electrons. The van der Waals surface area contributed by atoms with Crippen molar-refractivity contribution in [2.75, 3.05) is 13.6 Å². The molecule has 21 heavy (non-hydrogen) atoms. The lowest BCUT2D eigenvalue weighted by Crippen LogP contribution is -2.42. The highest BCUT2D eigenvalue weighted by Gasteiger charge is 2.28. The predicted molar refractivity (Wildman–Crippen MR) is 91.5 cm³/mol. The quantitative estimate of drug-likeness (QED) is 0.848. The van der Waals surface area contributed by atoms with Gasteiger partial charge in [0.15, 0.2) is 0 Å². The van der Waals surface area contributed by atoms with E-state index in [9.17, 15) is 0 Å². The molecule has 3 heteroatoms. The van der Waals surface area contributed by atoms with Gasteiger partial charge in [0.05, 0.1) is 0 Å². The fourth-order valence-electron chi connectivity index (χ4n) is 3.68. The molecule has 1 aliphatic carbocycles. The van der Waals surface area contributed by atoms with Crippen LogP contribution in [0.3, 0.4) is 0 Å². The Kier molecular flexibility index (Phi) is 6.53. The summed E-state index contributed by atoms with van der Waals surface area (Å²) in [5, 5.41) is 0.818. The third-order valence-corrected chi connectivity index (χ3v) is 4.97. The van der Waals surface area contributed by atoms with Crippen LogP contribution in [0.2, 0.25) is 5.02 Å². The number of nitrogens with zero attached hydrogens (tertiary/aromatic N) is 1. The van der Waals surface area contributed by atoms with Crippen molar-refractivity contribution in [3.8, 4) is 0 Å². The van der Waals surface area contributed by atoms with E-state index in [-0.39, 0.29) is 0 Å². The molecule has 0 amide bonds. The number of hydrogen-bond acceptors (Lipinski definition) is 2. The Labute approximate surface area is 134 Å². The van der Waals surface area contributed by atoms with Crippen molar-refractivity contribution < 1.29 is 0 Å². The molecule has 118 valence electrons. The lowest BCUT2D eigenvalue weighted by atomic mass is 9.76. The third-order valence-electron chi connectivity index (χ3n) is 4.73. The van der Waals surface area contributed by atoms with Gasteiger partial charge in [0.2, 0.25) is 0 Å². The molecular weight excluding hydrogens is 280 g/mol. The molecule has 0 heterocycles. The number of halogens is 1. The van der Waals surface area contributed by atoms with Gasteiger partial charge in [0.1, 0.15) is 0 Å². The summed E-state index contributed by atoms with van der Waals surface area (Å²) in [4.78, 5) is 2.39. The molecule has 0 aromatic heterocycles. The van der Waals surface area contributed by atoms with Gasteiger partial charge < -0.3 is 10.6 Å². The van der Waals surface area contributed by atoms with Crippen LogP contribution in [0, 0.1) is 11.8 Å². The van der Waals surface area contributed by atoms with Gasteiger partial charge >= 0.3 is 0 Å². The molecule has 1 aromatic carbocycles. The molecule has 0 saturated heterocycles. The van der Waals surface area contributed by atoms with Crippen molar-refractivity contribution in [2.24, 2.45) is 17.6 Å². The van der Waals surface area contributed by atoms with E-state index >= 15 is 0 Å². The first-order valence-corrected chi connectivity index (χ1v) is 8.64. The normalized spacial score (nSPS) is 26.2. The van der Waals surface area contributed by atoms with E-state index in [4.69, 9.17) is 17.3 Å². The molecule has 0 spiro atoms. The first-order chi connectivity index (χ1) is 10.1. The average molecular weight is 309 g/mol. The summed E-state index contributed by atoms with van der Waals surface area (Å²) in [7, 11) is 2.19. The van der Waals surface area contributed by atoms with Crippen LogP contribution in [0.5, 0.6) is 0 Å². The van der Waals surface area contributed by atoms with Crippen molar-refractivity contribution in [2.45, 2.75) is 51.6 Å².